The van der Waals surface area contributed by atoms with E-state index in [1.165, 1.54) is 0 Å². The van der Waals surface area contributed by atoms with Crippen LogP contribution in [-0.2, 0) is 16.0 Å². The van der Waals surface area contributed by atoms with Crippen molar-refractivity contribution in [1.82, 2.24) is 5.32 Å². The zero-order valence-electron chi connectivity index (χ0n) is 10.4. The summed E-state index contributed by atoms with van der Waals surface area (Å²) in [4.78, 5) is 23.0. The Labute approximate surface area is 116 Å². The van der Waals surface area contributed by atoms with E-state index in [0.29, 0.717) is 11.4 Å². The van der Waals surface area contributed by atoms with Crippen LogP contribution in [0, 0.1) is 5.92 Å². The van der Waals surface area contributed by atoms with E-state index in [9.17, 15) is 9.59 Å². The van der Waals surface area contributed by atoms with Gasteiger partial charge in [0.15, 0.2) is 0 Å². The number of benzene rings is 1. The van der Waals surface area contributed by atoms with E-state index in [1.807, 2.05) is 6.07 Å². The molecule has 1 fully saturated rings. The fourth-order valence-electron chi connectivity index (χ4n) is 2.50. The van der Waals surface area contributed by atoms with Crippen LogP contribution in [0.15, 0.2) is 24.3 Å². The summed E-state index contributed by atoms with van der Waals surface area (Å²) in [5, 5.41) is 12.4. The van der Waals surface area contributed by atoms with Gasteiger partial charge in [0.2, 0.25) is 5.91 Å². The molecule has 102 valence electrons. The number of carboxylic acid groups (broad SMARTS) is 1. The highest BCUT2D eigenvalue weighted by Gasteiger charge is 2.33. The molecule has 0 aliphatic heterocycles. The second-order valence-corrected chi connectivity index (χ2v) is 5.23. The topological polar surface area (TPSA) is 66.4 Å². The highest BCUT2D eigenvalue weighted by Crippen LogP contribution is 2.26. The molecule has 0 unspecified atom stereocenters. The van der Waals surface area contributed by atoms with Crippen LogP contribution >= 0.6 is 11.6 Å². The highest BCUT2D eigenvalue weighted by atomic mass is 35.5. The van der Waals surface area contributed by atoms with E-state index >= 15 is 0 Å². The predicted molar refractivity (Wildman–Crippen MR) is 72.1 cm³/mol. The Morgan fingerprint density at radius 1 is 1.32 bits per heavy atom. The van der Waals surface area contributed by atoms with E-state index in [-0.39, 0.29) is 18.4 Å². The number of carbonyl (C=O) groups excluding carboxylic acids is 1. The normalized spacial score (nSPS) is 22.2. The minimum Gasteiger partial charge on any atom is -0.481 e. The second kappa shape index (κ2) is 6.06. The Balaban J connectivity index is 1.95. The van der Waals surface area contributed by atoms with Gasteiger partial charge in [-0.25, -0.2) is 0 Å². The lowest BCUT2D eigenvalue weighted by Gasteiger charge is -2.17. The summed E-state index contributed by atoms with van der Waals surface area (Å²) in [5.41, 5.74) is 0.756. The van der Waals surface area contributed by atoms with Crippen LogP contribution in [0.4, 0.5) is 0 Å². The molecular formula is C14H16ClNO3. The Morgan fingerprint density at radius 2 is 2.05 bits per heavy atom. The van der Waals surface area contributed by atoms with E-state index in [1.54, 1.807) is 18.2 Å². The molecule has 4 nitrogen and oxygen atoms in total. The molecule has 0 spiro atoms. The minimum atomic E-state index is -0.833. The van der Waals surface area contributed by atoms with Gasteiger partial charge in [-0.3, -0.25) is 9.59 Å². The van der Waals surface area contributed by atoms with Crippen molar-refractivity contribution >= 4 is 23.5 Å². The third kappa shape index (κ3) is 3.47. The summed E-state index contributed by atoms with van der Waals surface area (Å²) in [6.07, 6.45) is 2.38. The molecule has 1 aliphatic carbocycles. The highest BCUT2D eigenvalue weighted by molar-refractivity contribution is 6.31. The van der Waals surface area contributed by atoms with Crippen molar-refractivity contribution in [1.29, 1.82) is 0 Å². The summed E-state index contributed by atoms with van der Waals surface area (Å²) < 4.78 is 0. The first-order valence-electron chi connectivity index (χ1n) is 6.33. The molecule has 1 saturated carbocycles. The van der Waals surface area contributed by atoms with E-state index in [2.05, 4.69) is 5.32 Å². The van der Waals surface area contributed by atoms with Gasteiger partial charge in [0.1, 0.15) is 0 Å². The van der Waals surface area contributed by atoms with Crippen molar-refractivity contribution in [3.8, 4) is 0 Å². The summed E-state index contributed by atoms with van der Waals surface area (Å²) in [6.45, 7) is 0. The van der Waals surface area contributed by atoms with E-state index < -0.39 is 11.9 Å². The van der Waals surface area contributed by atoms with Gasteiger partial charge in [-0.15, -0.1) is 0 Å². The molecule has 2 rings (SSSR count). The van der Waals surface area contributed by atoms with Crippen molar-refractivity contribution in [2.75, 3.05) is 0 Å². The van der Waals surface area contributed by atoms with Crippen LogP contribution in [0.5, 0.6) is 0 Å². The number of hydrogen-bond acceptors (Lipinski definition) is 2. The summed E-state index contributed by atoms with van der Waals surface area (Å²) in [7, 11) is 0. The van der Waals surface area contributed by atoms with E-state index in [0.717, 1.165) is 18.4 Å². The van der Waals surface area contributed by atoms with Crippen LogP contribution in [0.25, 0.3) is 0 Å². The first-order chi connectivity index (χ1) is 9.08. The minimum absolute atomic E-state index is 0.175. The molecule has 2 atom stereocenters. The molecule has 19 heavy (non-hydrogen) atoms. The third-order valence-electron chi connectivity index (χ3n) is 3.49. The second-order valence-electron chi connectivity index (χ2n) is 4.82. The van der Waals surface area contributed by atoms with Gasteiger partial charge in [-0.1, -0.05) is 36.2 Å². The fraction of sp³-hybridized carbons (Fsp3) is 0.429. The number of amides is 1. The Kier molecular flexibility index (Phi) is 4.43. The summed E-state index contributed by atoms with van der Waals surface area (Å²) in [6, 6.07) is 6.91. The molecule has 1 aromatic rings. The van der Waals surface area contributed by atoms with Crippen molar-refractivity contribution in [3.05, 3.63) is 34.9 Å². The van der Waals surface area contributed by atoms with Crippen molar-refractivity contribution in [3.63, 3.8) is 0 Å². The maximum absolute atomic E-state index is 11.9. The zero-order valence-corrected chi connectivity index (χ0v) is 11.2. The summed E-state index contributed by atoms with van der Waals surface area (Å²) in [5.74, 6) is -1.47. The van der Waals surface area contributed by atoms with Gasteiger partial charge in [0.25, 0.3) is 0 Å². The molecule has 0 radical (unpaired) electrons. The lowest BCUT2D eigenvalue weighted by Crippen LogP contribution is -2.40. The van der Waals surface area contributed by atoms with Crippen LogP contribution in [0.1, 0.15) is 24.8 Å². The number of carbonyl (C=O) groups is 2. The fourth-order valence-corrected chi connectivity index (χ4v) is 2.70. The molecule has 0 bridgehead atoms. The standard InChI is InChI=1S/C14H16ClNO3/c15-11-6-2-1-4-9(11)8-13(17)16-12-7-3-5-10(12)14(18)19/h1-2,4,6,10,12H,3,5,7-8H2,(H,16,17)(H,18,19)/t10-,12+/m1/s1. The van der Waals surface area contributed by atoms with Gasteiger partial charge >= 0.3 is 5.97 Å². The molecule has 0 heterocycles. The van der Waals surface area contributed by atoms with Crippen molar-refractivity contribution in [2.24, 2.45) is 5.92 Å². The van der Waals surface area contributed by atoms with Crippen molar-refractivity contribution < 1.29 is 14.7 Å². The van der Waals surface area contributed by atoms with Gasteiger partial charge < -0.3 is 10.4 Å². The van der Waals surface area contributed by atoms with E-state index in [4.69, 9.17) is 16.7 Å². The largest absolute Gasteiger partial charge is 0.481 e. The van der Waals surface area contributed by atoms with Gasteiger partial charge in [0.05, 0.1) is 12.3 Å². The van der Waals surface area contributed by atoms with Crippen LogP contribution in [0.2, 0.25) is 5.02 Å². The average Bonchev–Trinajstić information content (AvgIpc) is 2.80. The predicted octanol–water partition coefficient (Wildman–Crippen LogP) is 2.25. The Morgan fingerprint density at radius 3 is 2.74 bits per heavy atom. The third-order valence-corrected chi connectivity index (χ3v) is 3.86. The number of nitrogens with one attached hydrogen (secondary N) is 1. The van der Waals surface area contributed by atoms with Crippen molar-refractivity contribution in [2.45, 2.75) is 31.7 Å². The molecule has 2 N–H and O–H groups in total. The zero-order chi connectivity index (χ0) is 13.8. The van der Waals surface area contributed by atoms with Gasteiger partial charge in [0, 0.05) is 11.1 Å². The molecule has 1 aliphatic rings. The lowest BCUT2D eigenvalue weighted by molar-refractivity contribution is -0.142. The van der Waals surface area contributed by atoms with Crippen LogP contribution in [0.3, 0.4) is 0 Å². The number of carboxylic acids is 1. The van der Waals surface area contributed by atoms with Gasteiger partial charge in [-0.2, -0.15) is 0 Å². The maximum Gasteiger partial charge on any atom is 0.308 e. The molecular weight excluding hydrogens is 266 g/mol. The molecule has 0 aromatic heterocycles. The SMILES string of the molecule is O=C(Cc1ccccc1Cl)N[C@H]1CCC[C@H]1C(=O)O. The quantitative estimate of drug-likeness (QED) is 0.889. The van der Waals surface area contributed by atoms with Crippen LogP contribution in [-0.4, -0.2) is 23.0 Å². The monoisotopic (exact) mass is 281 g/mol. The summed E-state index contributed by atoms with van der Waals surface area (Å²) >= 11 is 5.99. The lowest BCUT2D eigenvalue weighted by atomic mass is 10.0. The average molecular weight is 282 g/mol. The molecule has 1 aromatic carbocycles. The Bertz CT molecular complexity index is 489. The number of rotatable bonds is 4. The number of halogens is 1. The molecule has 1 amide bonds. The molecule has 5 heteroatoms. The Hall–Kier alpha value is -1.55. The van der Waals surface area contributed by atoms with Gasteiger partial charge in [-0.05, 0) is 24.5 Å². The number of aliphatic carboxylic acids is 1. The van der Waals surface area contributed by atoms with Crippen LogP contribution < -0.4 is 5.32 Å². The first-order valence-corrected chi connectivity index (χ1v) is 6.71. The molecule has 0 saturated heterocycles. The first kappa shape index (κ1) is 13.9. The smallest absolute Gasteiger partial charge is 0.308 e. The number of hydrogen-bond donors (Lipinski definition) is 2. The maximum atomic E-state index is 11.9.